The first-order chi connectivity index (χ1) is 12.3. The van der Waals surface area contributed by atoms with E-state index in [1.165, 1.54) is 0 Å². The summed E-state index contributed by atoms with van der Waals surface area (Å²) < 4.78 is 10.8. The second-order valence-corrected chi connectivity index (χ2v) is 6.78. The summed E-state index contributed by atoms with van der Waals surface area (Å²) >= 11 is 0. The third-order valence-electron chi connectivity index (χ3n) is 3.45. The highest BCUT2D eigenvalue weighted by molar-refractivity contribution is 5.98. The van der Waals surface area contributed by atoms with Crippen LogP contribution in [0.25, 0.3) is 6.08 Å². The fraction of sp³-hybridized carbons (Fsp3) is 0.421. The summed E-state index contributed by atoms with van der Waals surface area (Å²) in [5, 5.41) is 5.30. The number of hydrogen-bond donors (Lipinski definition) is 2. The van der Waals surface area contributed by atoms with Crippen LogP contribution in [0.15, 0.2) is 23.8 Å². The third kappa shape index (κ3) is 5.61. The van der Waals surface area contributed by atoms with E-state index in [-0.39, 0.29) is 19.0 Å². The van der Waals surface area contributed by atoms with Crippen LogP contribution in [0.4, 0.5) is 4.79 Å². The molecule has 2 N–H and O–H groups in total. The van der Waals surface area contributed by atoms with Gasteiger partial charge in [-0.2, -0.15) is 0 Å². The summed E-state index contributed by atoms with van der Waals surface area (Å²) in [5.41, 5.74) is 0.976. The topological polar surface area (TPSA) is 93.7 Å². The molecule has 7 heteroatoms. The standard InChI is InChI=1S/C19H23N2O5/c1-19(2,3)26-18(24)21-9-8-20-17(23)15-6-4-5-14-11-13(12-22)7-10-25-16(14)15/h4-6,11H,7-10H2,1-3H3,(H,20,23)(H,21,24). The number of nitrogens with one attached hydrogen (secondary N) is 2. The molecule has 1 aliphatic heterocycles. The third-order valence-corrected chi connectivity index (χ3v) is 3.45. The number of carbonyl (C=O) groups excluding carboxylic acids is 3. The highest BCUT2D eigenvalue weighted by atomic mass is 16.6. The van der Waals surface area contributed by atoms with E-state index < -0.39 is 11.7 Å². The van der Waals surface area contributed by atoms with Crippen molar-refractivity contribution < 1.29 is 23.9 Å². The number of hydrogen-bond acceptors (Lipinski definition) is 5. The van der Waals surface area contributed by atoms with E-state index in [9.17, 15) is 14.4 Å². The van der Waals surface area contributed by atoms with Crippen molar-refractivity contribution in [1.29, 1.82) is 0 Å². The SMILES string of the molecule is CC(C)(C)OC(=O)NCCNC(=O)c1cccc2c1OCCC([C]=O)=C2. The molecule has 2 amide bonds. The van der Waals surface area contributed by atoms with Crippen molar-refractivity contribution in [3.05, 3.63) is 34.9 Å². The van der Waals surface area contributed by atoms with Gasteiger partial charge in [-0.05, 0) is 32.9 Å². The molecule has 1 heterocycles. The van der Waals surface area contributed by atoms with Crippen LogP contribution >= 0.6 is 0 Å². The zero-order chi connectivity index (χ0) is 19.2. The average Bonchev–Trinajstić information content (AvgIpc) is 2.78. The Balaban J connectivity index is 1.94. The zero-order valence-electron chi connectivity index (χ0n) is 15.2. The van der Waals surface area contributed by atoms with Gasteiger partial charge in [0.15, 0.2) is 0 Å². The summed E-state index contributed by atoms with van der Waals surface area (Å²) in [7, 11) is 0. The fourth-order valence-corrected chi connectivity index (χ4v) is 2.36. The molecule has 0 aromatic heterocycles. The maximum absolute atomic E-state index is 12.4. The lowest BCUT2D eigenvalue weighted by molar-refractivity contribution is 0.0526. The second kappa shape index (κ2) is 8.51. The van der Waals surface area contributed by atoms with Crippen molar-refractivity contribution >= 4 is 24.4 Å². The fourth-order valence-electron chi connectivity index (χ4n) is 2.36. The Morgan fingerprint density at radius 1 is 1.23 bits per heavy atom. The predicted molar refractivity (Wildman–Crippen MR) is 96.8 cm³/mol. The van der Waals surface area contributed by atoms with E-state index in [0.29, 0.717) is 35.5 Å². The van der Waals surface area contributed by atoms with Gasteiger partial charge in [0.2, 0.25) is 6.29 Å². The summed E-state index contributed by atoms with van der Waals surface area (Å²) in [4.78, 5) is 34.9. The number of fused-ring (bicyclic) bond motifs is 1. The molecular formula is C19H23N2O5. The van der Waals surface area contributed by atoms with Crippen molar-refractivity contribution in [2.75, 3.05) is 19.7 Å². The number of alkyl carbamates (subject to hydrolysis) is 1. The van der Waals surface area contributed by atoms with E-state index >= 15 is 0 Å². The maximum Gasteiger partial charge on any atom is 0.407 e. The van der Waals surface area contributed by atoms with Crippen molar-refractivity contribution in [2.45, 2.75) is 32.8 Å². The lowest BCUT2D eigenvalue weighted by Crippen LogP contribution is -2.38. The molecule has 0 bridgehead atoms. The largest absolute Gasteiger partial charge is 0.492 e. The van der Waals surface area contributed by atoms with Crippen LogP contribution in [0.3, 0.4) is 0 Å². The minimum Gasteiger partial charge on any atom is -0.492 e. The molecule has 1 radical (unpaired) electrons. The van der Waals surface area contributed by atoms with Gasteiger partial charge in [-0.15, -0.1) is 0 Å². The average molecular weight is 359 g/mol. The molecule has 0 aliphatic carbocycles. The monoisotopic (exact) mass is 359 g/mol. The lowest BCUT2D eigenvalue weighted by Gasteiger charge is -2.19. The van der Waals surface area contributed by atoms with Gasteiger partial charge in [-0.3, -0.25) is 9.59 Å². The minimum atomic E-state index is -0.572. The van der Waals surface area contributed by atoms with Crippen molar-refractivity contribution in [2.24, 2.45) is 0 Å². The highest BCUT2D eigenvalue weighted by Gasteiger charge is 2.19. The van der Waals surface area contributed by atoms with Gasteiger partial charge >= 0.3 is 6.09 Å². The van der Waals surface area contributed by atoms with Gasteiger partial charge in [0, 0.05) is 30.6 Å². The number of carbonyl (C=O) groups is 2. The van der Waals surface area contributed by atoms with Crippen LogP contribution in [0.1, 0.15) is 43.1 Å². The number of ether oxygens (including phenoxy) is 2. The Morgan fingerprint density at radius 2 is 1.96 bits per heavy atom. The van der Waals surface area contributed by atoms with Crippen LogP contribution < -0.4 is 15.4 Å². The molecule has 2 rings (SSSR count). The van der Waals surface area contributed by atoms with Gasteiger partial charge in [-0.1, -0.05) is 12.1 Å². The van der Waals surface area contributed by atoms with E-state index in [1.54, 1.807) is 45.0 Å². The molecule has 1 aliphatic rings. The van der Waals surface area contributed by atoms with Crippen molar-refractivity contribution in [3.8, 4) is 5.75 Å². The molecule has 0 spiro atoms. The molecule has 1 aromatic rings. The highest BCUT2D eigenvalue weighted by Crippen LogP contribution is 2.29. The first-order valence-corrected chi connectivity index (χ1v) is 8.40. The van der Waals surface area contributed by atoms with Gasteiger partial charge in [-0.25, -0.2) is 4.79 Å². The first kappa shape index (κ1) is 19.5. The summed E-state index contributed by atoms with van der Waals surface area (Å²) in [6, 6.07) is 5.15. The van der Waals surface area contributed by atoms with Crippen LogP contribution in [0, 0.1) is 0 Å². The Morgan fingerprint density at radius 3 is 2.65 bits per heavy atom. The first-order valence-electron chi connectivity index (χ1n) is 8.40. The van der Waals surface area contributed by atoms with Crippen LogP contribution in [-0.2, 0) is 9.53 Å². The summed E-state index contributed by atoms with van der Waals surface area (Å²) in [6.45, 7) is 6.11. The smallest absolute Gasteiger partial charge is 0.407 e. The molecule has 1 aromatic carbocycles. The lowest BCUT2D eigenvalue weighted by atomic mass is 10.1. The number of amides is 2. The van der Waals surface area contributed by atoms with Gasteiger partial charge in [0.25, 0.3) is 5.91 Å². The summed E-state index contributed by atoms with van der Waals surface area (Å²) in [6.07, 6.45) is 3.47. The second-order valence-electron chi connectivity index (χ2n) is 6.78. The molecule has 139 valence electrons. The molecule has 0 saturated carbocycles. The molecule has 0 atom stereocenters. The predicted octanol–water partition coefficient (Wildman–Crippen LogP) is 2.22. The molecule has 7 nitrogen and oxygen atoms in total. The molecule has 0 fully saturated rings. The molecule has 0 unspecified atom stereocenters. The Hall–Kier alpha value is -2.83. The van der Waals surface area contributed by atoms with E-state index in [1.807, 2.05) is 6.29 Å². The van der Waals surface area contributed by atoms with Crippen LogP contribution in [0.2, 0.25) is 0 Å². The maximum atomic E-state index is 12.4. The zero-order valence-corrected chi connectivity index (χ0v) is 15.2. The normalized spacial score (nSPS) is 13.4. The van der Waals surface area contributed by atoms with E-state index in [0.717, 1.165) is 0 Å². The quantitative estimate of drug-likeness (QED) is 0.786. The minimum absolute atomic E-state index is 0.237. The Kier molecular flexibility index (Phi) is 6.38. The molecular weight excluding hydrogens is 336 g/mol. The van der Waals surface area contributed by atoms with Gasteiger partial charge in [0.1, 0.15) is 11.4 Å². The van der Waals surface area contributed by atoms with Crippen molar-refractivity contribution in [1.82, 2.24) is 10.6 Å². The molecule has 0 saturated heterocycles. The number of rotatable bonds is 5. The van der Waals surface area contributed by atoms with Gasteiger partial charge < -0.3 is 20.1 Å². The summed E-state index contributed by atoms with van der Waals surface area (Å²) in [5.74, 6) is 0.120. The van der Waals surface area contributed by atoms with E-state index in [2.05, 4.69) is 10.6 Å². The number of para-hydroxylation sites is 1. The van der Waals surface area contributed by atoms with Crippen LogP contribution in [-0.4, -0.2) is 43.6 Å². The van der Waals surface area contributed by atoms with Gasteiger partial charge in [0.05, 0.1) is 12.2 Å². The number of benzene rings is 1. The Bertz CT molecular complexity index is 719. The Labute approximate surface area is 152 Å². The van der Waals surface area contributed by atoms with Crippen LogP contribution in [0.5, 0.6) is 5.75 Å². The van der Waals surface area contributed by atoms with Crippen molar-refractivity contribution in [3.63, 3.8) is 0 Å². The molecule has 26 heavy (non-hydrogen) atoms. The van der Waals surface area contributed by atoms with E-state index in [4.69, 9.17) is 9.47 Å².